The molecule has 0 saturated carbocycles. The Balaban J connectivity index is 2.67. The van der Waals surface area contributed by atoms with Crippen molar-refractivity contribution < 1.29 is 27.5 Å². The molecule has 11 heteroatoms. The number of benzene rings is 1. The summed E-state index contributed by atoms with van der Waals surface area (Å²) in [5.41, 5.74) is -1.99. The van der Waals surface area contributed by atoms with Crippen LogP contribution in [0, 0.1) is 0 Å². The number of rotatable bonds is 4. The second-order valence-corrected chi connectivity index (χ2v) is 5.76. The Kier molecular flexibility index (Phi) is 5.65. The summed E-state index contributed by atoms with van der Waals surface area (Å²) in [6.07, 6.45) is -4.40. The van der Waals surface area contributed by atoms with Gasteiger partial charge in [-0.2, -0.15) is 18.3 Å². The molecule has 134 valence electrons. The highest BCUT2D eigenvalue weighted by molar-refractivity contribution is 6.38. The van der Waals surface area contributed by atoms with Gasteiger partial charge in [0, 0.05) is 0 Å². The van der Waals surface area contributed by atoms with Crippen LogP contribution >= 0.6 is 34.8 Å². The lowest BCUT2D eigenvalue weighted by molar-refractivity contribution is -0.137. The number of nitrogens with zero attached hydrogens (tertiary/aromatic N) is 2. The van der Waals surface area contributed by atoms with E-state index in [1.54, 1.807) is 6.92 Å². The van der Waals surface area contributed by atoms with Crippen LogP contribution in [0.5, 0.6) is 0 Å². The van der Waals surface area contributed by atoms with Gasteiger partial charge in [-0.25, -0.2) is 9.48 Å². The molecule has 1 aromatic carbocycles. The summed E-state index contributed by atoms with van der Waals surface area (Å²) >= 11 is 17.8. The highest BCUT2D eigenvalue weighted by atomic mass is 35.5. The molecule has 1 aromatic heterocycles. The van der Waals surface area contributed by atoms with Crippen LogP contribution in [0.25, 0.3) is 5.69 Å². The monoisotopic (exact) mass is 414 g/mol. The predicted octanol–water partition coefficient (Wildman–Crippen LogP) is 4.84. The molecule has 0 bridgehead atoms. The van der Waals surface area contributed by atoms with Crippen LogP contribution in [0.2, 0.25) is 15.2 Å². The predicted molar refractivity (Wildman–Crippen MR) is 84.9 cm³/mol. The number of hydrogen-bond acceptors (Lipinski definition) is 4. The number of carbonyl (C=O) groups excluding carboxylic acids is 2. The minimum Gasteiger partial charge on any atom is -0.461 e. The zero-order chi connectivity index (χ0) is 18.9. The Bertz CT molecular complexity index is 827. The number of halogens is 6. The van der Waals surface area contributed by atoms with E-state index >= 15 is 0 Å². The van der Waals surface area contributed by atoms with Crippen molar-refractivity contribution in [1.29, 1.82) is 0 Å². The molecule has 0 spiro atoms. The van der Waals surface area contributed by atoms with Crippen LogP contribution in [0.4, 0.5) is 13.2 Å². The zero-order valence-corrected chi connectivity index (χ0v) is 14.6. The Hall–Kier alpha value is -1.77. The van der Waals surface area contributed by atoms with Crippen molar-refractivity contribution in [2.75, 3.05) is 6.61 Å². The fourth-order valence-electron chi connectivity index (χ4n) is 1.94. The summed E-state index contributed by atoms with van der Waals surface area (Å²) in [7, 11) is 0. The Morgan fingerprint density at radius 3 is 2.28 bits per heavy atom. The average Bonchev–Trinajstić information content (AvgIpc) is 2.83. The van der Waals surface area contributed by atoms with Crippen LogP contribution in [-0.2, 0) is 10.9 Å². The molecule has 0 radical (unpaired) electrons. The summed E-state index contributed by atoms with van der Waals surface area (Å²) in [4.78, 5) is 23.0. The molecule has 0 N–H and O–H groups in total. The highest BCUT2D eigenvalue weighted by Gasteiger charge is 2.33. The second-order valence-electron chi connectivity index (χ2n) is 4.59. The van der Waals surface area contributed by atoms with E-state index in [0.717, 1.165) is 4.68 Å². The van der Waals surface area contributed by atoms with Crippen molar-refractivity contribution in [2.24, 2.45) is 0 Å². The molecule has 25 heavy (non-hydrogen) atoms. The van der Waals surface area contributed by atoms with Gasteiger partial charge in [-0.15, -0.1) is 0 Å². The molecule has 0 unspecified atom stereocenters. The highest BCUT2D eigenvalue weighted by Crippen LogP contribution is 2.38. The molecule has 0 fully saturated rings. The number of hydrogen-bond donors (Lipinski definition) is 0. The smallest absolute Gasteiger partial charge is 0.416 e. The van der Waals surface area contributed by atoms with Crippen LogP contribution < -0.4 is 0 Å². The van der Waals surface area contributed by atoms with Gasteiger partial charge in [0.15, 0.2) is 12.0 Å². The average molecular weight is 416 g/mol. The lowest BCUT2D eigenvalue weighted by Gasteiger charge is -2.12. The van der Waals surface area contributed by atoms with Crippen LogP contribution in [0.3, 0.4) is 0 Å². The van der Waals surface area contributed by atoms with E-state index in [1.807, 2.05) is 0 Å². The van der Waals surface area contributed by atoms with Gasteiger partial charge in [-0.3, -0.25) is 4.79 Å². The molecular formula is C14H8Cl3F3N2O3. The summed E-state index contributed by atoms with van der Waals surface area (Å²) < 4.78 is 44.0. The van der Waals surface area contributed by atoms with Gasteiger partial charge in [-0.05, 0) is 19.1 Å². The molecule has 0 aliphatic carbocycles. The molecular weight excluding hydrogens is 408 g/mol. The molecule has 0 aliphatic rings. The molecule has 2 aromatic rings. The third-order valence-corrected chi connectivity index (χ3v) is 3.95. The standard InChI is InChI=1S/C14H8Cl3F3N2O3/c1-2-25-13(24)10-7(5-23)12(17)22(21-10)11-8(15)3-6(4-9(11)16)14(18,19)20/h3-5H,2H2,1H3. The van der Waals surface area contributed by atoms with Crippen LogP contribution in [0.1, 0.15) is 33.3 Å². The van der Waals surface area contributed by atoms with Crippen molar-refractivity contribution in [2.45, 2.75) is 13.1 Å². The van der Waals surface area contributed by atoms with Crippen molar-refractivity contribution in [3.8, 4) is 5.69 Å². The fourth-order valence-corrected chi connectivity index (χ4v) is 2.85. The first-order valence-corrected chi connectivity index (χ1v) is 7.72. The quantitative estimate of drug-likeness (QED) is 0.529. The van der Waals surface area contributed by atoms with Gasteiger partial charge < -0.3 is 4.74 Å². The first-order chi connectivity index (χ1) is 11.6. The first kappa shape index (κ1) is 19.6. The number of carbonyl (C=O) groups is 2. The number of aldehydes is 1. The second kappa shape index (κ2) is 7.23. The minimum absolute atomic E-state index is 0.0173. The Labute approximate surface area is 154 Å². The van der Waals surface area contributed by atoms with Crippen LogP contribution in [-0.4, -0.2) is 28.6 Å². The maximum Gasteiger partial charge on any atom is 0.416 e. The van der Waals surface area contributed by atoms with Gasteiger partial charge in [0.2, 0.25) is 0 Å². The summed E-state index contributed by atoms with van der Waals surface area (Å²) in [6.45, 7) is 1.56. The fraction of sp³-hybridized carbons (Fsp3) is 0.214. The minimum atomic E-state index is -4.66. The van der Waals surface area contributed by atoms with E-state index in [4.69, 9.17) is 39.5 Å². The molecule has 0 atom stereocenters. The Morgan fingerprint density at radius 1 is 1.28 bits per heavy atom. The van der Waals surface area contributed by atoms with E-state index in [2.05, 4.69) is 5.10 Å². The maximum atomic E-state index is 12.8. The first-order valence-electron chi connectivity index (χ1n) is 6.59. The lowest BCUT2D eigenvalue weighted by Crippen LogP contribution is -2.09. The number of ether oxygens (including phenoxy) is 1. The number of alkyl halides is 3. The van der Waals surface area contributed by atoms with Crippen molar-refractivity contribution in [3.05, 3.63) is 44.2 Å². The van der Waals surface area contributed by atoms with Crippen molar-refractivity contribution in [3.63, 3.8) is 0 Å². The number of aromatic nitrogens is 2. The van der Waals surface area contributed by atoms with Crippen LogP contribution in [0.15, 0.2) is 12.1 Å². The summed E-state index contributed by atoms with van der Waals surface area (Å²) in [5, 5.41) is 2.63. The van der Waals surface area contributed by atoms with Gasteiger partial charge in [0.1, 0.15) is 10.8 Å². The van der Waals surface area contributed by atoms with E-state index in [-0.39, 0.29) is 29.3 Å². The van der Waals surface area contributed by atoms with E-state index in [9.17, 15) is 22.8 Å². The van der Waals surface area contributed by atoms with Crippen molar-refractivity contribution >= 4 is 47.1 Å². The van der Waals surface area contributed by atoms with E-state index in [1.165, 1.54) is 0 Å². The molecule has 1 heterocycles. The molecule has 5 nitrogen and oxygen atoms in total. The zero-order valence-electron chi connectivity index (χ0n) is 12.3. The Morgan fingerprint density at radius 2 is 1.84 bits per heavy atom. The summed E-state index contributed by atoms with van der Waals surface area (Å²) in [5.74, 6) is -0.926. The topological polar surface area (TPSA) is 61.2 Å². The van der Waals surface area contributed by atoms with Crippen molar-refractivity contribution in [1.82, 2.24) is 9.78 Å². The van der Waals surface area contributed by atoms with Gasteiger partial charge >= 0.3 is 12.1 Å². The van der Waals surface area contributed by atoms with Gasteiger partial charge in [-0.1, -0.05) is 34.8 Å². The largest absolute Gasteiger partial charge is 0.461 e. The SMILES string of the molecule is CCOC(=O)c1nn(-c2c(Cl)cc(C(F)(F)F)cc2Cl)c(Cl)c1C=O. The normalized spacial score (nSPS) is 11.5. The van der Waals surface area contributed by atoms with E-state index in [0.29, 0.717) is 12.1 Å². The molecule has 0 saturated heterocycles. The third kappa shape index (κ3) is 3.75. The van der Waals surface area contributed by atoms with Gasteiger partial charge in [0.25, 0.3) is 0 Å². The summed E-state index contributed by atoms with van der Waals surface area (Å²) in [6, 6.07) is 1.26. The molecule has 0 aliphatic heterocycles. The third-order valence-electron chi connectivity index (χ3n) is 3.01. The lowest BCUT2D eigenvalue weighted by atomic mass is 10.2. The molecule has 2 rings (SSSR count). The van der Waals surface area contributed by atoms with E-state index < -0.39 is 33.4 Å². The van der Waals surface area contributed by atoms with Gasteiger partial charge in [0.05, 0.1) is 27.8 Å². The number of esters is 1. The maximum absolute atomic E-state index is 12.8. The molecule has 0 amide bonds.